The van der Waals surface area contributed by atoms with Crippen LogP contribution in [-0.2, 0) is 9.53 Å². The Hall–Kier alpha value is -1.90. The van der Waals surface area contributed by atoms with Gasteiger partial charge in [0.15, 0.2) is 5.54 Å². The molecule has 0 N–H and O–H groups in total. The van der Waals surface area contributed by atoms with Crippen LogP contribution in [-0.4, -0.2) is 24.3 Å². The highest BCUT2D eigenvalue weighted by molar-refractivity contribution is 5.90. The maximum Gasteiger partial charge on any atom is 0.334 e. The molecule has 1 aliphatic rings. The van der Waals surface area contributed by atoms with Crippen molar-refractivity contribution >= 4 is 12.2 Å². The van der Waals surface area contributed by atoms with E-state index in [9.17, 15) is 4.79 Å². The minimum absolute atomic E-state index is 0.0940. The van der Waals surface area contributed by atoms with Crippen LogP contribution in [0, 0.1) is 5.92 Å². The van der Waals surface area contributed by atoms with Crippen LogP contribution in [0.2, 0.25) is 0 Å². The molecule has 1 saturated carbocycles. The number of ether oxygens (including phenoxy) is 1. The molecule has 3 heteroatoms. The summed E-state index contributed by atoms with van der Waals surface area (Å²) in [4.78, 5) is 16.4. The van der Waals surface area contributed by atoms with E-state index in [1.54, 1.807) is 19.2 Å². The van der Waals surface area contributed by atoms with Gasteiger partial charge in [-0.3, -0.25) is 4.99 Å². The number of benzene rings is 1. The Labute approximate surface area is 107 Å². The van der Waals surface area contributed by atoms with Crippen LogP contribution < -0.4 is 0 Å². The van der Waals surface area contributed by atoms with Gasteiger partial charge >= 0.3 is 5.97 Å². The average Bonchev–Trinajstić information content (AvgIpc) is 3.13. The largest absolute Gasteiger partial charge is 0.464 e. The van der Waals surface area contributed by atoms with Crippen molar-refractivity contribution in [3.63, 3.8) is 0 Å². The van der Waals surface area contributed by atoms with Crippen LogP contribution in [0.15, 0.2) is 48.0 Å². The zero-order valence-electron chi connectivity index (χ0n) is 10.5. The van der Waals surface area contributed by atoms with Gasteiger partial charge in [0.05, 0.1) is 6.61 Å². The number of esters is 1. The van der Waals surface area contributed by atoms with E-state index in [0.29, 0.717) is 13.0 Å². The molecule has 1 aromatic rings. The van der Waals surface area contributed by atoms with E-state index in [0.717, 1.165) is 5.56 Å². The number of aliphatic imine (C=N–C) groups is 1. The van der Waals surface area contributed by atoms with Gasteiger partial charge in [0.1, 0.15) is 0 Å². The molecular formula is C15H17NO2. The summed E-state index contributed by atoms with van der Waals surface area (Å²) in [7, 11) is 0. The van der Waals surface area contributed by atoms with Gasteiger partial charge in [-0.15, -0.1) is 6.58 Å². The summed E-state index contributed by atoms with van der Waals surface area (Å²) in [5.74, 6) is -0.154. The second-order valence-corrected chi connectivity index (χ2v) is 4.36. The summed E-state index contributed by atoms with van der Waals surface area (Å²) in [6.07, 6.45) is 4.21. The van der Waals surface area contributed by atoms with Crippen LogP contribution in [0.25, 0.3) is 0 Å². The van der Waals surface area contributed by atoms with Gasteiger partial charge in [-0.25, -0.2) is 4.79 Å². The topological polar surface area (TPSA) is 38.7 Å². The van der Waals surface area contributed by atoms with Crippen molar-refractivity contribution in [2.24, 2.45) is 10.9 Å². The summed E-state index contributed by atoms with van der Waals surface area (Å²) in [5, 5.41) is 0. The monoisotopic (exact) mass is 243 g/mol. The average molecular weight is 243 g/mol. The van der Waals surface area contributed by atoms with E-state index in [2.05, 4.69) is 11.6 Å². The highest BCUT2D eigenvalue weighted by atomic mass is 16.5. The number of hydrogen-bond donors (Lipinski definition) is 0. The van der Waals surface area contributed by atoms with Crippen molar-refractivity contribution in [2.75, 3.05) is 6.61 Å². The Bertz CT molecular complexity index is 467. The van der Waals surface area contributed by atoms with Crippen molar-refractivity contribution in [3.05, 3.63) is 48.6 Å². The summed E-state index contributed by atoms with van der Waals surface area (Å²) >= 11 is 0. The molecule has 0 heterocycles. The fraction of sp³-hybridized carbons (Fsp3) is 0.333. The van der Waals surface area contributed by atoms with Gasteiger partial charge in [0.2, 0.25) is 0 Å². The lowest BCUT2D eigenvalue weighted by Gasteiger charge is -2.09. The summed E-state index contributed by atoms with van der Waals surface area (Å²) in [6, 6.07) is 9.73. The lowest BCUT2D eigenvalue weighted by Crippen LogP contribution is -2.25. The third kappa shape index (κ3) is 2.35. The fourth-order valence-electron chi connectivity index (χ4n) is 1.98. The van der Waals surface area contributed by atoms with Crippen LogP contribution in [0.3, 0.4) is 0 Å². The van der Waals surface area contributed by atoms with E-state index in [1.165, 1.54) is 0 Å². The molecule has 0 aromatic heterocycles. The van der Waals surface area contributed by atoms with Crippen LogP contribution in [0.4, 0.5) is 0 Å². The fourth-order valence-corrected chi connectivity index (χ4v) is 1.98. The summed E-state index contributed by atoms with van der Waals surface area (Å²) in [5.41, 5.74) is 0.254. The predicted molar refractivity (Wildman–Crippen MR) is 71.7 cm³/mol. The van der Waals surface area contributed by atoms with E-state index >= 15 is 0 Å². The molecule has 0 unspecified atom stereocenters. The van der Waals surface area contributed by atoms with E-state index in [1.807, 2.05) is 30.3 Å². The second-order valence-electron chi connectivity index (χ2n) is 4.36. The molecule has 2 rings (SSSR count). The SMILES string of the molecule is C=C[C@H]1C[C@@]1(N=Cc1ccccc1)C(=O)OCC. The zero-order valence-corrected chi connectivity index (χ0v) is 10.5. The Balaban J connectivity index is 2.16. The molecule has 0 bridgehead atoms. The van der Waals surface area contributed by atoms with Gasteiger partial charge in [0.25, 0.3) is 0 Å². The second kappa shape index (κ2) is 5.17. The van der Waals surface area contributed by atoms with Crippen molar-refractivity contribution in [1.29, 1.82) is 0 Å². The smallest absolute Gasteiger partial charge is 0.334 e. The number of carbonyl (C=O) groups excluding carboxylic acids is 1. The molecule has 18 heavy (non-hydrogen) atoms. The quantitative estimate of drug-likeness (QED) is 0.453. The number of rotatable bonds is 5. The maximum atomic E-state index is 11.9. The normalized spacial score (nSPS) is 25.9. The summed E-state index contributed by atoms with van der Waals surface area (Å²) in [6.45, 7) is 5.92. The molecule has 1 aliphatic carbocycles. The van der Waals surface area contributed by atoms with Crippen molar-refractivity contribution in [3.8, 4) is 0 Å². The molecule has 0 amide bonds. The predicted octanol–water partition coefficient (Wildman–Crippen LogP) is 2.61. The van der Waals surface area contributed by atoms with E-state index < -0.39 is 5.54 Å². The van der Waals surface area contributed by atoms with Crippen molar-refractivity contribution < 1.29 is 9.53 Å². The minimum atomic E-state index is -0.729. The zero-order chi connectivity index (χ0) is 13.0. The van der Waals surface area contributed by atoms with Gasteiger partial charge in [-0.2, -0.15) is 0 Å². The first-order valence-corrected chi connectivity index (χ1v) is 6.13. The number of nitrogens with zero attached hydrogens (tertiary/aromatic N) is 1. The lowest BCUT2D eigenvalue weighted by molar-refractivity contribution is -0.146. The Kier molecular flexibility index (Phi) is 3.60. The minimum Gasteiger partial charge on any atom is -0.464 e. The molecule has 0 saturated heterocycles. The highest BCUT2D eigenvalue weighted by Gasteiger charge is 2.60. The molecular weight excluding hydrogens is 226 g/mol. The highest BCUT2D eigenvalue weighted by Crippen LogP contribution is 2.48. The van der Waals surface area contributed by atoms with Crippen molar-refractivity contribution in [1.82, 2.24) is 0 Å². The Morgan fingerprint density at radius 1 is 1.56 bits per heavy atom. The standard InChI is InChI=1S/C15H17NO2/c1-3-13-10-15(13,14(17)18-4-2)16-11-12-8-6-5-7-9-12/h3,5-9,11,13H,1,4,10H2,2H3/t13-,15-/m0/s1. The first-order chi connectivity index (χ1) is 8.73. The van der Waals surface area contributed by atoms with Gasteiger partial charge in [-0.1, -0.05) is 36.4 Å². The molecule has 0 spiro atoms. The number of hydrogen-bond acceptors (Lipinski definition) is 3. The third-order valence-corrected chi connectivity index (χ3v) is 3.14. The first-order valence-electron chi connectivity index (χ1n) is 6.13. The number of carbonyl (C=O) groups is 1. The molecule has 0 aliphatic heterocycles. The van der Waals surface area contributed by atoms with Gasteiger partial charge in [-0.05, 0) is 18.9 Å². The van der Waals surface area contributed by atoms with Crippen molar-refractivity contribution in [2.45, 2.75) is 18.9 Å². The molecule has 94 valence electrons. The summed E-state index contributed by atoms with van der Waals surface area (Å²) < 4.78 is 5.09. The molecule has 1 aromatic carbocycles. The molecule has 3 nitrogen and oxygen atoms in total. The molecule has 2 atom stereocenters. The Morgan fingerprint density at radius 3 is 2.83 bits per heavy atom. The molecule has 0 radical (unpaired) electrons. The third-order valence-electron chi connectivity index (χ3n) is 3.14. The maximum absolute atomic E-state index is 11.9. The van der Waals surface area contributed by atoms with Crippen LogP contribution in [0.1, 0.15) is 18.9 Å². The lowest BCUT2D eigenvalue weighted by atomic mass is 10.2. The van der Waals surface area contributed by atoms with Gasteiger partial charge < -0.3 is 4.74 Å². The van der Waals surface area contributed by atoms with E-state index in [-0.39, 0.29) is 11.9 Å². The van der Waals surface area contributed by atoms with Crippen LogP contribution in [0.5, 0.6) is 0 Å². The van der Waals surface area contributed by atoms with E-state index in [4.69, 9.17) is 4.74 Å². The Morgan fingerprint density at radius 2 is 2.28 bits per heavy atom. The van der Waals surface area contributed by atoms with Gasteiger partial charge in [0, 0.05) is 12.1 Å². The molecule has 1 fully saturated rings. The first kappa shape index (κ1) is 12.6. The van der Waals surface area contributed by atoms with Crippen LogP contribution >= 0.6 is 0 Å².